The van der Waals surface area contributed by atoms with Crippen LogP contribution in [0, 0.1) is 6.92 Å². The Morgan fingerprint density at radius 3 is 2.62 bits per heavy atom. The van der Waals surface area contributed by atoms with Crippen LogP contribution in [0.1, 0.15) is 11.1 Å². The zero-order valence-corrected chi connectivity index (χ0v) is 7.71. The second-order valence-electron chi connectivity index (χ2n) is 2.91. The van der Waals surface area contributed by atoms with Crippen LogP contribution in [-0.2, 0) is 11.3 Å². The minimum atomic E-state index is -0.138. The van der Waals surface area contributed by atoms with E-state index in [1.165, 1.54) is 11.6 Å². The summed E-state index contributed by atoms with van der Waals surface area (Å²) in [5, 5.41) is 2.71. The SMILES string of the molecule is C=CC(=O)NCc1ccc(C)cc1. The molecule has 0 aliphatic carbocycles. The van der Waals surface area contributed by atoms with E-state index in [0.717, 1.165) is 5.56 Å². The molecule has 0 spiro atoms. The van der Waals surface area contributed by atoms with Crippen molar-refractivity contribution in [3.63, 3.8) is 0 Å². The van der Waals surface area contributed by atoms with Crippen LogP contribution in [0.15, 0.2) is 36.9 Å². The Morgan fingerprint density at radius 1 is 1.46 bits per heavy atom. The normalized spacial score (nSPS) is 9.31. The fraction of sp³-hybridized carbons (Fsp3) is 0.182. The van der Waals surface area contributed by atoms with Crippen LogP contribution in [-0.4, -0.2) is 5.91 Å². The molecule has 2 heteroatoms. The van der Waals surface area contributed by atoms with Gasteiger partial charge in [-0.05, 0) is 18.6 Å². The average molecular weight is 175 g/mol. The number of carbonyl (C=O) groups is 1. The van der Waals surface area contributed by atoms with Gasteiger partial charge in [0.1, 0.15) is 0 Å². The molecule has 0 radical (unpaired) electrons. The molecule has 0 atom stereocenters. The molecule has 2 nitrogen and oxygen atoms in total. The van der Waals surface area contributed by atoms with Crippen molar-refractivity contribution < 1.29 is 4.79 Å². The third-order valence-corrected chi connectivity index (χ3v) is 1.77. The minimum absolute atomic E-state index is 0.138. The van der Waals surface area contributed by atoms with Gasteiger partial charge in [0.2, 0.25) is 5.91 Å². The fourth-order valence-electron chi connectivity index (χ4n) is 0.967. The summed E-state index contributed by atoms with van der Waals surface area (Å²) in [7, 11) is 0. The smallest absolute Gasteiger partial charge is 0.243 e. The minimum Gasteiger partial charge on any atom is -0.348 e. The monoisotopic (exact) mass is 175 g/mol. The number of carbonyl (C=O) groups excluding carboxylic acids is 1. The number of rotatable bonds is 3. The average Bonchev–Trinajstić information content (AvgIpc) is 2.16. The van der Waals surface area contributed by atoms with E-state index in [9.17, 15) is 4.79 Å². The first-order valence-electron chi connectivity index (χ1n) is 4.18. The summed E-state index contributed by atoms with van der Waals surface area (Å²) in [5.41, 5.74) is 2.32. The maximum absolute atomic E-state index is 10.8. The number of hydrogen-bond donors (Lipinski definition) is 1. The molecule has 0 saturated heterocycles. The van der Waals surface area contributed by atoms with E-state index in [4.69, 9.17) is 0 Å². The lowest BCUT2D eigenvalue weighted by Crippen LogP contribution is -2.19. The molecule has 0 fully saturated rings. The van der Waals surface area contributed by atoms with Crippen molar-refractivity contribution in [1.82, 2.24) is 5.32 Å². The van der Waals surface area contributed by atoms with Crippen molar-refractivity contribution in [2.24, 2.45) is 0 Å². The third-order valence-electron chi connectivity index (χ3n) is 1.77. The second-order valence-corrected chi connectivity index (χ2v) is 2.91. The summed E-state index contributed by atoms with van der Waals surface area (Å²) in [6.45, 7) is 5.97. The molecular formula is C11H13NO. The highest BCUT2D eigenvalue weighted by Gasteiger charge is 1.94. The summed E-state index contributed by atoms with van der Waals surface area (Å²) in [5.74, 6) is -0.138. The Hall–Kier alpha value is -1.57. The lowest BCUT2D eigenvalue weighted by atomic mass is 10.1. The van der Waals surface area contributed by atoms with Crippen LogP contribution in [0.3, 0.4) is 0 Å². The highest BCUT2D eigenvalue weighted by atomic mass is 16.1. The molecule has 68 valence electrons. The largest absolute Gasteiger partial charge is 0.348 e. The Bertz CT molecular complexity index is 300. The van der Waals surface area contributed by atoms with Crippen molar-refractivity contribution >= 4 is 5.91 Å². The quantitative estimate of drug-likeness (QED) is 0.697. The molecule has 13 heavy (non-hydrogen) atoms. The Kier molecular flexibility index (Phi) is 3.26. The molecular weight excluding hydrogens is 162 g/mol. The van der Waals surface area contributed by atoms with Gasteiger partial charge in [-0.3, -0.25) is 4.79 Å². The molecule has 1 aromatic rings. The van der Waals surface area contributed by atoms with Crippen LogP contribution in [0.5, 0.6) is 0 Å². The lowest BCUT2D eigenvalue weighted by molar-refractivity contribution is -0.116. The van der Waals surface area contributed by atoms with Crippen LogP contribution in [0.2, 0.25) is 0 Å². The van der Waals surface area contributed by atoms with Crippen molar-refractivity contribution in [3.8, 4) is 0 Å². The van der Waals surface area contributed by atoms with Gasteiger partial charge in [0, 0.05) is 6.54 Å². The van der Waals surface area contributed by atoms with Gasteiger partial charge in [-0.2, -0.15) is 0 Å². The molecule has 1 amide bonds. The predicted octanol–water partition coefficient (Wildman–Crippen LogP) is 1.80. The standard InChI is InChI=1S/C11H13NO/c1-3-11(13)12-8-10-6-4-9(2)5-7-10/h3-7H,1,8H2,2H3,(H,12,13). The van der Waals surface area contributed by atoms with E-state index in [1.807, 2.05) is 31.2 Å². The van der Waals surface area contributed by atoms with Crippen molar-refractivity contribution in [3.05, 3.63) is 48.0 Å². The lowest BCUT2D eigenvalue weighted by Gasteiger charge is -2.02. The molecule has 0 unspecified atom stereocenters. The van der Waals surface area contributed by atoms with Gasteiger partial charge in [-0.1, -0.05) is 36.4 Å². The zero-order valence-electron chi connectivity index (χ0n) is 7.71. The van der Waals surface area contributed by atoms with Gasteiger partial charge in [0.25, 0.3) is 0 Å². The molecule has 1 rings (SSSR count). The first-order valence-corrected chi connectivity index (χ1v) is 4.18. The first-order chi connectivity index (χ1) is 6.22. The molecule has 1 aromatic carbocycles. The molecule has 0 aliphatic rings. The summed E-state index contributed by atoms with van der Waals surface area (Å²) in [4.78, 5) is 10.8. The van der Waals surface area contributed by atoms with Crippen LogP contribution in [0.25, 0.3) is 0 Å². The van der Waals surface area contributed by atoms with Crippen LogP contribution in [0.4, 0.5) is 0 Å². The van der Waals surface area contributed by atoms with Gasteiger partial charge in [-0.15, -0.1) is 0 Å². The molecule has 0 aromatic heterocycles. The highest BCUT2D eigenvalue weighted by Crippen LogP contribution is 2.02. The summed E-state index contributed by atoms with van der Waals surface area (Å²) in [6.07, 6.45) is 1.27. The van der Waals surface area contributed by atoms with Crippen LogP contribution < -0.4 is 5.32 Å². The summed E-state index contributed by atoms with van der Waals surface area (Å²) < 4.78 is 0. The van der Waals surface area contributed by atoms with Crippen molar-refractivity contribution in [2.75, 3.05) is 0 Å². The Labute approximate surface area is 78.3 Å². The molecule has 1 N–H and O–H groups in total. The Morgan fingerprint density at radius 2 is 2.08 bits per heavy atom. The van der Waals surface area contributed by atoms with E-state index < -0.39 is 0 Å². The second kappa shape index (κ2) is 4.45. The van der Waals surface area contributed by atoms with Crippen molar-refractivity contribution in [1.29, 1.82) is 0 Å². The number of amides is 1. The van der Waals surface area contributed by atoms with E-state index in [0.29, 0.717) is 6.54 Å². The van der Waals surface area contributed by atoms with E-state index >= 15 is 0 Å². The van der Waals surface area contributed by atoms with Crippen molar-refractivity contribution in [2.45, 2.75) is 13.5 Å². The van der Waals surface area contributed by atoms with Gasteiger partial charge in [0.05, 0.1) is 0 Å². The van der Waals surface area contributed by atoms with E-state index in [2.05, 4.69) is 11.9 Å². The van der Waals surface area contributed by atoms with Gasteiger partial charge >= 0.3 is 0 Å². The molecule has 0 heterocycles. The van der Waals surface area contributed by atoms with E-state index in [-0.39, 0.29) is 5.91 Å². The Balaban J connectivity index is 2.50. The number of hydrogen-bond acceptors (Lipinski definition) is 1. The number of aryl methyl sites for hydroxylation is 1. The number of nitrogens with one attached hydrogen (secondary N) is 1. The molecule has 0 bridgehead atoms. The third kappa shape index (κ3) is 3.11. The van der Waals surface area contributed by atoms with Gasteiger partial charge < -0.3 is 5.32 Å². The van der Waals surface area contributed by atoms with Gasteiger partial charge in [0.15, 0.2) is 0 Å². The van der Waals surface area contributed by atoms with E-state index in [1.54, 1.807) is 0 Å². The predicted molar refractivity (Wildman–Crippen MR) is 53.2 cm³/mol. The summed E-state index contributed by atoms with van der Waals surface area (Å²) in [6, 6.07) is 8.04. The maximum atomic E-state index is 10.8. The summed E-state index contributed by atoms with van der Waals surface area (Å²) >= 11 is 0. The maximum Gasteiger partial charge on any atom is 0.243 e. The topological polar surface area (TPSA) is 29.1 Å². The zero-order chi connectivity index (χ0) is 9.68. The first kappa shape index (κ1) is 9.52. The molecule has 0 saturated carbocycles. The number of benzene rings is 1. The fourth-order valence-corrected chi connectivity index (χ4v) is 0.967. The molecule has 0 aliphatic heterocycles. The van der Waals surface area contributed by atoms with Gasteiger partial charge in [-0.25, -0.2) is 0 Å². The highest BCUT2D eigenvalue weighted by molar-refractivity contribution is 5.86. The van der Waals surface area contributed by atoms with Crippen LogP contribution >= 0.6 is 0 Å².